The molecule has 0 radical (unpaired) electrons. The van der Waals surface area contributed by atoms with Gasteiger partial charge in [-0.25, -0.2) is 0 Å². The molecule has 0 saturated carbocycles. The van der Waals surface area contributed by atoms with E-state index in [-0.39, 0.29) is 11.9 Å². The zero-order valence-electron chi connectivity index (χ0n) is 9.96. The Balaban J connectivity index is 3.15. The molecule has 0 aliphatic rings. The number of hydrogen-bond donors (Lipinski definition) is 2. The second-order valence-corrected chi connectivity index (χ2v) is 3.63. The predicted octanol–water partition coefficient (Wildman–Crippen LogP) is 0.575. The van der Waals surface area contributed by atoms with Gasteiger partial charge in [0.05, 0.1) is 7.11 Å². The zero-order valence-corrected chi connectivity index (χ0v) is 9.96. The molecule has 1 amide bonds. The van der Waals surface area contributed by atoms with Crippen LogP contribution < -0.4 is 11.1 Å². The molecule has 0 aromatic rings. The van der Waals surface area contributed by atoms with Gasteiger partial charge >= 0.3 is 5.97 Å². The summed E-state index contributed by atoms with van der Waals surface area (Å²) in [4.78, 5) is 21.8. The monoisotopic (exact) mass is 230 g/mol. The van der Waals surface area contributed by atoms with Crippen LogP contribution in [-0.4, -0.2) is 32.1 Å². The van der Waals surface area contributed by atoms with Gasteiger partial charge in [-0.05, 0) is 12.8 Å². The molecule has 94 valence electrons. The molecule has 0 atom stereocenters. The van der Waals surface area contributed by atoms with E-state index in [0.717, 1.165) is 25.7 Å². The standard InChI is InChI=1S/C11H22N2O3/c1-16-11(15)6-4-2-3-5-9-13-10(14)7-8-12/h2-9,12H2,1H3,(H,13,14). The first-order valence-corrected chi connectivity index (χ1v) is 5.74. The summed E-state index contributed by atoms with van der Waals surface area (Å²) in [6.07, 6.45) is 4.67. The number of carbonyl (C=O) groups is 2. The Morgan fingerprint density at radius 1 is 1.12 bits per heavy atom. The number of methoxy groups -OCH3 is 1. The van der Waals surface area contributed by atoms with E-state index in [1.807, 2.05) is 0 Å². The Morgan fingerprint density at radius 3 is 2.44 bits per heavy atom. The number of unbranched alkanes of at least 4 members (excludes halogenated alkanes) is 3. The fourth-order valence-electron chi connectivity index (χ4n) is 1.30. The average molecular weight is 230 g/mol. The summed E-state index contributed by atoms with van der Waals surface area (Å²) in [7, 11) is 1.40. The molecule has 0 fully saturated rings. The molecular formula is C11H22N2O3. The molecule has 0 unspecified atom stereocenters. The van der Waals surface area contributed by atoms with E-state index in [4.69, 9.17) is 5.73 Å². The van der Waals surface area contributed by atoms with Crippen molar-refractivity contribution in [2.75, 3.05) is 20.2 Å². The van der Waals surface area contributed by atoms with E-state index in [1.165, 1.54) is 7.11 Å². The molecule has 16 heavy (non-hydrogen) atoms. The summed E-state index contributed by atoms with van der Waals surface area (Å²) in [5.74, 6) is -0.145. The summed E-state index contributed by atoms with van der Waals surface area (Å²) in [6.45, 7) is 1.09. The number of esters is 1. The lowest BCUT2D eigenvalue weighted by atomic mass is 10.1. The number of amides is 1. The largest absolute Gasteiger partial charge is 0.469 e. The average Bonchev–Trinajstić information content (AvgIpc) is 2.27. The Morgan fingerprint density at radius 2 is 1.81 bits per heavy atom. The van der Waals surface area contributed by atoms with Gasteiger partial charge in [0.2, 0.25) is 5.91 Å². The highest BCUT2D eigenvalue weighted by Crippen LogP contribution is 2.03. The van der Waals surface area contributed by atoms with Gasteiger partial charge in [0.25, 0.3) is 0 Å². The number of rotatable bonds is 9. The second-order valence-electron chi connectivity index (χ2n) is 3.63. The molecule has 0 spiro atoms. The van der Waals surface area contributed by atoms with Gasteiger partial charge in [0.1, 0.15) is 0 Å². The molecule has 0 saturated heterocycles. The van der Waals surface area contributed by atoms with Crippen molar-refractivity contribution in [1.29, 1.82) is 0 Å². The third-order valence-corrected chi connectivity index (χ3v) is 2.23. The van der Waals surface area contributed by atoms with Crippen LogP contribution in [-0.2, 0) is 14.3 Å². The Labute approximate surface area is 96.7 Å². The Kier molecular flexibility index (Phi) is 9.70. The van der Waals surface area contributed by atoms with Gasteiger partial charge in [0.15, 0.2) is 0 Å². The summed E-state index contributed by atoms with van der Waals surface area (Å²) in [5.41, 5.74) is 5.24. The number of nitrogens with one attached hydrogen (secondary N) is 1. The highest BCUT2D eigenvalue weighted by molar-refractivity contribution is 5.75. The highest BCUT2D eigenvalue weighted by atomic mass is 16.5. The van der Waals surface area contributed by atoms with Crippen molar-refractivity contribution in [1.82, 2.24) is 5.32 Å². The van der Waals surface area contributed by atoms with Gasteiger partial charge in [-0.3, -0.25) is 9.59 Å². The maximum atomic E-state index is 11.0. The summed E-state index contributed by atoms with van der Waals surface area (Å²) < 4.78 is 4.53. The van der Waals surface area contributed by atoms with E-state index in [0.29, 0.717) is 25.9 Å². The normalized spacial score (nSPS) is 9.88. The van der Waals surface area contributed by atoms with Crippen LogP contribution in [0.2, 0.25) is 0 Å². The third-order valence-electron chi connectivity index (χ3n) is 2.23. The second kappa shape index (κ2) is 10.4. The maximum Gasteiger partial charge on any atom is 0.305 e. The van der Waals surface area contributed by atoms with Crippen LogP contribution in [0.5, 0.6) is 0 Å². The van der Waals surface area contributed by atoms with Crippen LogP contribution in [0.1, 0.15) is 38.5 Å². The van der Waals surface area contributed by atoms with Crippen LogP contribution in [0.15, 0.2) is 0 Å². The van der Waals surface area contributed by atoms with Gasteiger partial charge in [-0.1, -0.05) is 12.8 Å². The number of nitrogens with two attached hydrogens (primary N) is 1. The fourth-order valence-corrected chi connectivity index (χ4v) is 1.30. The molecule has 0 aliphatic carbocycles. The van der Waals surface area contributed by atoms with Crippen molar-refractivity contribution in [2.45, 2.75) is 38.5 Å². The minimum absolute atomic E-state index is 0.0112. The minimum atomic E-state index is -0.156. The molecule has 0 aromatic heterocycles. The van der Waals surface area contributed by atoms with Crippen molar-refractivity contribution < 1.29 is 14.3 Å². The zero-order chi connectivity index (χ0) is 12.2. The van der Waals surface area contributed by atoms with Crippen LogP contribution in [0, 0.1) is 0 Å². The van der Waals surface area contributed by atoms with Gasteiger partial charge in [-0.15, -0.1) is 0 Å². The molecule has 5 nitrogen and oxygen atoms in total. The smallest absolute Gasteiger partial charge is 0.305 e. The van der Waals surface area contributed by atoms with Crippen LogP contribution >= 0.6 is 0 Å². The van der Waals surface area contributed by atoms with Gasteiger partial charge in [-0.2, -0.15) is 0 Å². The highest BCUT2D eigenvalue weighted by Gasteiger charge is 2.00. The summed E-state index contributed by atoms with van der Waals surface area (Å²) in [5, 5.41) is 2.78. The molecule has 0 heterocycles. The SMILES string of the molecule is COC(=O)CCCCCCNC(=O)CCN. The van der Waals surface area contributed by atoms with E-state index in [9.17, 15) is 9.59 Å². The summed E-state index contributed by atoms with van der Waals surface area (Å²) >= 11 is 0. The van der Waals surface area contributed by atoms with Crippen LogP contribution in [0.25, 0.3) is 0 Å². The lowest BCUT2D eigenvalue weighted by Crippen LogP contribution is -2.26. The molecule has 0 bridgehead atoms. The molecule has 3 N–H and O–H groups in total. The molecule has 5 heteroatoms. The Hall–Kier alpha value is -1.10. The first-order valence-electron chi connectivity index (χ1n) is 5.74. The van der Waals surface area contributed by atoms with Crippen LogP contribution in [0.3, 0.4) is 0 Å². The maximum absolute atomic E-state index is 11.0. The molecule has 0 aliphatic heterocycles. The first-order chi connectivity index (χ1) is 7.70. The fraction of sp³-hybridized carbons (Fsp3) is 0.818. The van der Waals surface area contributed by atoms with Gasteiger partial charge in [0, 0.05) is 25.9 Å². The van der Waals surface area contributed by atoms with E-state index in [1.54, 1.807) is 0 Å². The van der Waals surface area contributed by atoms with Crippen LogP contribution in [0.4, 0.5) is 0 Å². The Bertz CT molecular complexity index is 207. The molecule has 0 aromatic carbocycles. The lowest BCUT2D eigenvalue weighted by molar-refractivity contribution is -0.140. The van der Waals surface area contributed by atoms with Crippen molar-refractivity contribution >= 4 is 11.9 Å². The molecular weight excluding hydrogens is 208 g/mol. The number of carbonyl (C=O) groups excluding carboxylic acids is 2. The van der Waals surface area contributed by atoms with Gasteiger partial charge < -0.3 is 15.8 Å². The lowest BCUT2D eigenvalue weighted by Gasteiger charge is -2.04. The predicted molar refractivity (Wildman–Crippen MR) is 61.8 cm³/mol. The van der Waals surface area contributed by atoms with Crippen molar-refractivity contribution in [3.05, 3.63) is 0 Å². The summed E-state index contributed by atoms with van der Waals surface area (Å²) in [6, 6.07) is 0. The third kappa shape index (κ3) is 9.45. The van der Waals surface area contributed by atoms with Crippen molar-refractivity contribution in [3.63, 3.8) is 0 Å². The van der Waals surface area contributed by atoms with Crippen molar-refractivity contribution in [2.24, 2.45) is 5.73 Å². The van der Waals surface area contributed by atoms with E-state index in [2.05, 4.69) is 10.1 Å². The number of ether oxygens (including phenoxy) is 1. The van der Waals surface area contributed by atoms with E-state index < -0.39 is 0 Å². The van der Waals surface area contributed by atoms with E-state index >= 15 is 0 Å². The topological polar surface area (TPSA) is 81.4 Å². The molecule has 0 rings (SSSR count). The van der Waals surface area contributed by atoms with Crippen molar-refractivity contribution in [3.8, 4) is 0 Å². The first kappa shape index (κ1) is 14.9. The minimum Gasteiger partial charge on any atom is -0.469 e. The quantitative estimate of drug-likeness (QED) is 0.448. The number of hydrogen-bond acceptors (Lipinski definition) is 4.